The molecule has 3 N–H and O–H groups in total. The van der Waals surface area contributed by atoms with Crippen LogP contribution in [0.3, 0.4) is 0 Å². The van der Waals surface area contributed by atoms with Gasteiger partial charge in [-0.15, -0.1) is 0 Å². The molecule has 0 unspecified atom stereocenters. The van der Waals surface area contributed by atoms with Gasteiger partial charge in [-0.05, 0) is 6.07 Å². The summed E-state index contributed by atoms with van der Waals surface area (Å²) in [5.74, 6) is 5.21. The number of nitrogen functional groups attached to an aromatic ring is 1. The number of aromatic nitrogens is 1. The van der Waals surface area contributed by atoms with Crippen molar-refractivity contribution in [2.45, 2.75) is 0 Å². The van der Waals surface area contributed by atoms with E-state index in [0.29, 0.717) is 0 Å². The number of non-ortho nitro benzene ring substituents is 1. The van der Waals surface area contributed by atoms with Crippen LogP contribution < -0.4 is 16.0 Å². The maximum atomic E-state index is 10.8. The standard InChI is InChI=1S/C11H9N5O5/c12-14-10-5-8(16(19)20)6-11(13-10)21-9-3-1-2-7(4-9)15(17)18/h1-6H,12H2,(H,13,14). The van der Waals surface area contributed by atoms with Gasteiger partial charge in [0.2, 0.25) is 5.88 Å². The van der Waals surface area contributed by atoms with Crippen molar-refractivity contribution in [1.82, 2.24) is 4.98 Å². The van der Waals surface area contributed by atoms with Gasteiger partial charge in [0.1, 0.15) is 5.75 Å². The van der Waals surface area contributed by atoms with Crippen LogP contribution >= 0.6 is 0 Å². The molecule has 1 heterocycles. The zero-order valence-corrected chi connectivity index (χ0v) is 10.4. The number of nitro benzene ring substituents is 1. The number of nitrogens with two attached hydrogens (primary N) is 1. The van der Waals surface area contributed by atoms with Crippen LogP contribution in [0.2, 0.25) is 0 Å². The zero-order valence-electron chi connectivity index (χ0n) is 10.4. The number of pyridine rings is 1. The average Bonchev–Trinajstić information content (AvgIpc) is 2.47. The first-order chi connectivity index (χ1) is 9.99. The van der Waals surface area contributed by atoms with Gasteiger partial charge in [0, 0.05) is 6.07 Å². The first-order valence-corrected chi connectivity index (χ1v) is 5.55. The molecule has 0 bridgehead atoms. The highest BCUT2D eigenvalue weighted by molar-refractivity contribution is 5.49. The fourth-order valence-corrected chi connectivity index (χ4v) is 1.50. The van der Waals surface area contributed by atoms with E-state index in [1.165, 1.54) is 24.3 Å². The topological polar surface area (TPSA) is 146 Å². The Morgan fingerprint density at radius 1 is 1.10 bits per heavy atom. The van der Waals surface area contributed by atoms with Gasteiger partial charge in [0.15, 0.2) is 5.82 Å². The second-order valence-corrected chi connectivity index (χ2v) is 3.81. The van der Waals surface area contributed by atoms with Crippen molar-refractivity contribution in [3.8, 4) is 11.6 Å². The molecule has 1 aromatic heterocycles. The van der Waals surface area contributed by atoms with E-state index in [2.05, 4.69) is 10.4 Å². The monoisotopic (exact) mass is 291 g/mol. The number of nitro groups is 2. The van der Waals surface area contributed by atoms with Gasteiger partial charge >= 0.3 is 0 Å². The highest BCUT2D eigenvalue weighted by Gasteiger charge is 2.13. The molecule has 0 atom stereocenters. The molecule has 0 amide bonds. The number of hydrogen-bond acceptors (Lipinski definition) is 8. The minimum Gasteiger partial charge on any atom is -0.438 e. The van der Waals surface area contributed by atoms with E-state index in [4.69, 9.17) is 10.6 Å². The highest BCUT2D eigenvalue weighted by atomic mass is 16.6. The lowest BCUT2D eigenvalue weighted by molar-refractivity contribution is -0.384. The molecule has 0 spiro atoms. The maximum Gasteiger partial charge on any atom is 0.278 e. The molecule has 0 aliphatic carbocycles. The Labute approximate surface area is 117 Å². The number of hydrazine groups is 1. The number of rotatable bonds is 5. The fourth-order valence-electron chi connectivity index (χ4n) is 1.50. The van der Waals surface area contributed by atoms with Crippen molar-refractivity contribution in [1.29, 1.82) is 0 Å². The summed E-state index contributed by atoms with van der Waals surface area (Å²) >= 11 is 0. The van der Waals surface area contributed by atoms with Crippen LogP contribution in [0.1, 0.15) is 0 Å². The Balaban J connectivity index is 2.34. The van der Waals surface area contributed by atoms with E-state index in [-0.39, 0.29) is 28.8 Å². The lowest BCUT2D eigenvalue weighted by Crippen LogP contribution is -2.09. The molecule has 2 rings (SSSR count). The van der Waals surface area contributed by atoms with Gasteiger partial charge in [-0.1, -0.05) is 6.07 Å². The van der Waals surface area contributed by atoms with Crippen LogP contribution in [0.15, 0.2) is 36.4 Å². The van der Waals surface area contributed by atoms with Crippen LogP contribution in [-0.2, 0) is 0 Å². The van der Waals surface area contributed by atoms with Gasteiger partial charge in [0.25, 0.3) is 11.4 Å². The molecule has 0 saturated carbocycles. The number of nitrogens with one attached hydrogen (secondary N) is 1. The second kappa shape index (κ2) is 5.79. The van der Waals surface area contributed by atoms with Gasteiger partial charge in [-0.3, -0.25) is 20.2 Å². The first-order valence-electron chi connectivity index (χ1n) is 5.55. The van der Waals surface area contributed by atoms with Crippen LogP contribution in [0.5, 0.6) is 11.6 Å². The molecule has 0 saturated heterocycles. The normalized spacial score (nSPS) is 9.95. The largest absolute Gasteiger partial charge is 0.438 e. The van der Waals surface area contributed by atoms with Gasteiger partial charge in [-0.25, -0.2) is 5.84 Å². The molecule has 21 heavy (non-hydrogen) atoms. The molecule has 10 heteroatoms. The van der Waals surface area contributed by atoms with Crippen molar-refractivity contribution in [3.05, 3.63) is 56.6 Å². The quantitative estimate of drug-likeness (QED) is 0.482. The van der Waals surface area contributed by atoms with Crippen LogP contribution in [0, 0.1) is 20.2 Å². The van der Waals surface area contributed by atoms with Crippen molar-refractivity contribution >= 4 is 17.2 Å². The molecule has 2 aromatic rings. The molecule has 0 aliphatic rings. The predicted octanol–water partition coefficient (Wildman–Crippen LogP) is 1.98. The smallest absolute Gasteiger partial charge is 0.278 e. The van der Waals surface area contributed by atoms with Crippen LogP contribution in [0.4, 0.5) is 17.2 Å². The summed E-state index contributed by atoms with van der Waals surface area (Å²) in [5.41, 5.74) is 1.72. The van der Waals surface area contributed by atoms with E-state index in [0.717, 1.165) is 12.1 Å². The highest BCUT2D eigenvalue weighted by Crippen LogP contribution is 2.27. The molecule has 0 aliphatic heterocycles. The Kier molecular flexibility index (Phi) is 3.90. The number of anilines is 1. The summed E-state index contributed by atoms with van der Waals surface area (Å²) in [6.45, 7) is 0. The Morgan fingerprint density at radius 3 is 2.43 bits per heavy atom. The lowest BCUT2D eigenvalue weighted by atomic mass is 10.3. The van der Waals surface area contributed by atoms with Gasteiger partial charge in [0.05, 0.1) is 28.0 Å². The van der Waals surface area contributed by atoms with E-state index >= 15 is 0 Å². The van der Waals surface area contributed by atoms with Crippen molar-refractivity contribution in [2.75, 3.05) is 5.43 Å². The number of ether oxygens (including phenoxy) is 1. The number of nitrogens with zero attached hydrogens (tertiary/aromatic N) is 3. The number of hydrogen-bond donors (Lipinski definition) is 2. The summed E-state index contributed by atoms with van der Waals surface area (Å²) in [6.07, 6.45) is 0. The Bertz CT molecular complexity index is 705. The summed E-state index contributed by atoms with van der Waals surface area (Å²) < 4.78 is 5.29. The molecule has 0 fully saturated rings. The first kappa shape index (κ1) is 14.1. The summed E-state index contributed by atoms with van der Waals surface area (Å²) in [6, 6.07) is 7.56. The van der Waals surface area contributed by atoms with E-state index in [9.17, 15) is 20.2 Å². The minimum atomic E-state index is -0.636. The predicted molar refractivity (Wildman–Crippen MR) is 71.9 cm³/mol. The van der Waals surface area contributed by atoms with Crippen molar-refractivity contribution in [2.24, 2.45) is 5.84 Å². The molecular formula is C11H9N5O5. The molecule has 10 nitrogen and oxygen atoms in total. The third-order valence-corrected chi connectivity index (χ3v) is 2.40. The Hall–Kier alpha value is -3.27. The Morgan fingerprint density at radius 2 is 1.81 bits per heavy atom. The fraction of sp³-hybridized carbons (Fsp3) is 0. The number of benzene rings is 1. The lowest BCUT2D eigenvalue weighted by Gasteiger charge is -2.06. The van der Waals surface area contributed by atoms with Crippen LogP contribution in [-0.4, -0.2) is 14.8 Å². The third kappa shape index (κ3) is 3.39. The van der Waals surface area contributed by atoms with E-state index in [1.54, 1.807) is 0 Å². The second-order valence-electron chi connectivity index (χ2n) is 3.81. The van der Waals surface area contributed by atoms with E-state index in [1.807, 2.05) is 0 Å². The van der Waals surface area contributed by atoms with Crippen LogP contribution in [0.25, 0.3) is 0 Å². The molecule has 108 valence electrons. The molecule has 1 aromatic carbocycles. The summed E-state index contributed by atoms with van der Waals surface area (Å²) in [7, 11) is 0. The minimum absolute atomic E-state index is 0.0321. The molecule has 0 radical (unpaired) electrons. The van der Waals surface area contributed by atoms with E-state index < -0.39 is 9.85 Å². The van der Waals surface area contributed by atoms with Crippen molar-refractivity contribution in [3.63, 3.8) is 0 Å². The third-order valence-electron chi connectivity index (χ3n) is 2.40. The summed E-state index contributed by atoms with van der Waals surface area (Å²) in [5, 5.41) is 21.4. The average molecular weight is 291 g/mol. The SMILES string of the molecule is NNc1cc([N+](=O)[O-])cc(Oc2cccc([N+](=O)[O-])c2)n1. The van der Waals surface area contributed by atoms with Gasteiger partial charge in [-0.2, -0.15) is 4.98 Å². The zero-order chi connectivity index (χ0) is 15.4. The van der Waals surface area contributed by atoms with Gasteiger partial charge < -0.3 is 10.2 Å². The maximum absolute atomic E-state index is 10.8. The molecular weight excluding hydrogens is 282 g/mol. The van der Waals surface area contributed by atoms with Crippen molar-refractivity contribution < 1.29 is 14.6 Å². The summed E-state index contributed by atoms with van der Waals surface area (Å²) in [4.78, 5) is 24.1.